The molecule has 2 aromatic carbocycles. The van der Waals surface area contributed by atoms with E-state index in [-0.39, 0.29) is 0 Å². The van der Waals surface area contributed by atoms with Gasteiger partial charge in [0, 0.05) is 7.11 Å². The van der Waals surface area contributed by atoms with Gasteiger partial charge in [-0.05, 0) is 36.2 Å². The molecule has 0 N–H and O–H groups in total. The quantitative estimate of drug-likeness (QED) is 0.818. The van der Waals surface area contributed by atoms with Crippen molar-refractivity contribution >= 4 is 0 Å². The fourth-order valence-electron chi connectivity index (χ4n) is 1.72. The van der Waals surface area contributed by atoms with E-state index in [1.807, 2.05) is 36.4 Å². The standard InChI is InChI=1S/C16H15NO2/c1-18-11-10-13-6-8-15(9-7-13)19-16-5-3-2-4-14(16)12-17/h2-9H,10-11H2,1H3. The number of ether oxygens (including phenoxy) is 2. The van der Waals surface area contributed by atoms with Gasteiger partial charge in [0.1, 0.15) is 17.6 Å². The zero-order valence-electron chi connectivity index (χ0n) is 10.8. The minimum Gasteiger partial charge on any atom is -0.456 e. The average molecular weight is 253 g/mol. The van der Waals surface area contributed by atoms with Crippen LogP contribution < -0.4 is 4.74 Å². The Hall–Kier alpha value is -2.31. The van der Waals surface area contributed by atoms with Crippen molar-refractivity contribution in [2.24, 2.45) is 0 Å². The Morgan fingerprint density at radius 2 is 1.79 bits per heavy atom. The van der Waals surface area contributed by atoms with E-state index >= 15 is 0 Å². The molecule has 0 bridgehead atoms. The van der Waals surface area contributed by atoms with Crippen molar-refractivity contribution in [3.63, 3.8) is 0 Å². The van der Waals surface area contributed by atoms with Gasteiger partial charge in [-0.1, -0.05) is 24.3 Å². The van der Waals surface area contributed by atoms with Gasteiger partial charge in [-0.15, -0.1) is 0 Å². The molecule has 0 aliphatic carbocycles. The SMILES string of the molecule is COCCc1ccc(Oc2ccccc2C#N)cc1. The second kappa shape index (κ2) is 6.58. The Labute approximate surface area is 113 Å². The molecule has 3 heteroatoms. The first-order chi connectivity index (χ1) is 9.33. The largest absolute Gasteiger partial charge is 0.456 e. The molecular weight excluding hydrogens is 238 g/mol. The van der Waals surface area contributed by atoms with Gasteiger partial charge in [0.2, 0.25) is 0 Å². The summed E-state index contributed by atoms with van der Waals surface area (Å²) in [6.45, 7) is 0.706. The van der Waals surface area contributed by atoms with Crippen molar-refractivity contribution < 1.29 is 9.47 Å². The Balaban J connectivity index is 2.09. The Morgan fingerprint density at radius 1 is 1.05 bits per heavy atom. The molecule has 3 nitrogen and oxygen atoms in total. The summed E-state index contributed by atoms with van der Waals surface area (Å²) in [5.41, 5.74) is 1.73. The molecule has 0 atom stereocenters. The number of hydrogen-bond donors (Lipinski definition) is 0. The van der Waals surface area contributed by atoms with E-state index in [4.69, 9.17) is 14.7 Å². The van der Waals surface area contributed by atoms with Crippen LogP contribution in [0.25, 0.3) is 0 Å². The lowest BCUT2D eigenvalue weighted by atomic mass is 10.1. The number of methoxy groups -OCH3 is 1. The third kappa shape index (κ3) is 3.57. The highest BCUT2D eigenvalue weighted by Gasteiger charge is 2.03. The highest BCUT2D eigenvalue weighted by Crippen LogP contribution is 2.24. The highest BCUT2D eigenvalue weighted by atomic mass is 16.5. The molecule has 0 aliphatic heterocycles. The summed E-state index contributed by atoms with van der Waals surface area (Å²) in [7, 11) is 1.69. The number of nitriles is 1. The second-order valence-electron chi connectivity index (χ2n) is 4.10. The molecule has 2 rings (SSSR count). The third-order valence-electron chi connectivity index (χ3n) is 2.75. The summed E-state index contributed by atoms with van der Waals surface area (Å²) in [6.07, 6.45) is 0.881. The minimum absolute atomic E-state index is 0.533. The zero-order chi connectivity index (χ0) is 13.5. The molecule has 19 heavy (non-hydrogen) atoms. The van der Waals surface area contributed by atoms with Gasteiger partial charge in [0.05, 0.1) is 12.2 Å². The van der Waals surface area contributed by atoms with Crippen molar-refractivity contribution in [3.8, 4) is 17.6 Å². The smallest absolute Gasteiger partial charge is 0.145 e. The summed E-state index contributed by atoms with van der Waals surface area (Å²) < 4.78 is 10.7. The van der Waals surface area contributed by atoms with Crippen LogP contribution >= 0.6 is 0 Å². The molecule has 0 spiro atoms. The van der Waals surface area contributed by atoms with Gasteiger partial charge >= 0.3 is 0 Å². The number of para-hydroxylation sites is 1. The Morgan fingerprint density at radius 3 is 2.47 bits per heavy atom. The lowest BCUT2D eigenvalue weighted by Crippen LogP contribution is -1.94. The maximum atomic E-state index is 8.99. The highest BCUT2D eigenvalue weighted by molar-refractivity contribution is 5.45. The van der Waals surface area contributed by atoms with E-state index in [1.165, 1.54) is 5.56 Å². The predicted molar refractivity (Wildman–Crippen MR) is 73.3 cm³/mol. The molecule has 0 radical (unpaired) electrons. The predicted octanol–water partition coefficient (Wildman–Crippen LogP) is 3.54. The topological polar surface area (TPSA) is 42.2 Å². The van der Waals surface area contributed by atoms with Crippen LogP contribution in [0.1, 0.15) is 11.1 Å². The Kier molecular flexibility index (Phi) is 4.54. The molecule has 0 aliphatic rings. The monoisotopic (exact) mass is 253 g/mol. The van der Waals surface area contributed by atoms with Gasteiger partial charge in [-0.2, -0.15) is 5.26 Å². The molecule has 0 unspecified atom stereocenters. The van der Waals surface area contributed by atoms with E-state index in [2.05, 4.69) is 6.07 Å². The summed E-state index contributed by atoms with van der Waals surface area (Å²) in [6, 6.07) is 17.1. The second-order valence-corrected chi connectivity index (χ2v) is 4.10. The number of rotatable bonds is 5. The molecule has 2 aromatic rings. The molecule has 0 heterocycles. The van der Waals surface area contributed by atoms with Crippen LogP contribution in [0.4, 0.5) is 0 Å². The van der Waals surface area contributed by atoms with Crippen molar-refractivity contribution in [1.82, 2.24) is 0 Å². The summed E-state index contributed by atoms with van der Waals surface area (Å²) in [5.74, 6) is 1.30. The van der Waals surface area contributed by atoms with Gasteiger partial charge < -0.3 is 9.47 Å². The Bertz CT molecular complexity index is 570. The molecule has 0 aromatic heterocycles. The molecule has 0 amide bonds. The molecule has 0 fully saturated rings. The van der Waals surface area contributed by atoms with E-state index in [0.29, 0.717) is 17.9 Å². The van der Waals surface area contributed by atoms with Crippen LogP contribution in [0.15, 0.2) is 48.5 Å². The number of nitrogens with zero attached hydrogens (tertiary/aromatic N) is 1. The maximum Gasteiger partial charge on any atom is 0.145 e. The van der Waals surface area contributed by atoms with Gasteiger partial charge in [-0.3, -0.25) is 0 Å². The molecule has 96 valence electrons. The summed E-state index contributed by atoms with van der Waals surface area (Å²) >= 11 is 0. The van der Waals surface area contributed by atoms with Crippen molar-refractivity contribution in [3.05, 3.63) is 59.7 Å². The average Bonchev–Trinajstić information content (AvgIpc) is 2.47. The summed E-state index contributed by atoms with van der Waals surface area (Å²) in [4.78, 5) is 0. The minimum atomic E-state index is 0.533. The third-order valence-corrected chi connectivity index (χ3v) is 2.75. The fraction of sp³-hybridized carbons (Fsp3) is 0.188. The van der Waals surface area contributed by atoms with Crippen molar-refractivity contribution in [2.75, 3.05) is 13.7 Å². The first-order valence-electron chi connectivity index (χ1n) is 6.08. The van der Waals surface area contributed by atoms with Gasteiger partial charge in [0.25, 0.3) is 0 Å². The van der Waals surface area contributed by atoms with Gasteiger partial charge in [-0.25, -0.2) is 0 Å². The normalized spacial score (nSPS) is 9.89. The van der Waals surface area contributed by atoms with Gasteiger partial charge in [0.15, 0.2) is 0 Å². The van der Waals surface area contributed by atoms with E-state index in [9.17, 15) is 0 Å². The first-order valence-corrected chi connectivity index (χ1v) is 6.08. The van der Waals surface area contributed by atoms with Crippen LogP contribution in [-0.4, -0.2) is 13.7 Å². The van der Waals surface area contributed by atoms with Crippen LogP contribution in [0.3, 0.4) is 0 Å². The molecular formula is C16H15NO2. The summed E-state index contributed by atoms with van der Waals surface area (Å²) in [5, 5.41) is 8.99. The van der Waals surface area contributed by atoms with E-state index < -0.39 is 0 Å². The molecule has 0 saturated carbocycles. The first kappa shape index (κ1) is 13.1. The van der Waals surface area contributed by atoms with Crippen molar-refractivity contribution in [2.45, 2.75) is 6.42 Å². The lowest BCUT2D eigenvalue weighted by Gasteiger charge is -2.08. The number of benzene rings is 2. The van der Waals surface area contributed by atoms with E-state index in [1.54, 1.807) is 19.2 Å². The molecule has 0 saturated heterocycles. The van der Waals surface area contributed by atoms with Crippen molar-refractivity contribution in [1.29, 1.82) is 5.26 Å². The van der Waals surface area contributed by atoms with E-state index in [0.717, 1.165) is 12.2 Å². The zero-order valence-corrected chi connectivity index (χ0v) is 10.8. The lowest BCUT2D eigenvalue weighted by molar-refractivity contribution is 0.202. The number of hydrogen-bond acceptors (Lipinski definition) is 3. The van der Waals surface area contributed by atoms with Crippen LogP contribution in [0, 0.1) is 11.3 Å². The van der Waals surface area contributed by atoms with Crippen LogP contribution in [0.5, 0.6) is 11.5 Å². The maximum absolute atomic E-state index is 8.99. The van der Waals surface area contributed by atoms with Crippen LogP contribution in [0.2, 0.25) is 0 Å². The van der Waals surface area contributed by atoms with Crippen LogP contribution in [-0.2, 0) is 11.2 Å². The fourth-order valence-corrected chi connectivity index (χ4v) is 1.72.